The molecule has 1 aromatic heterocycles. The summed E-state index contributed by atoms with van der Waals surface area (Å²) in [5.74, 6) is -0.230. The Kier molecular flexibility index (Phi) is 8.54. The highest BCUT2D eigenvalue weighted by atomic mass is 16.6. The number of aromatic hydroxyl groups is 1. The predicted octanol–water partition coefficient (Wildman–Crippen LogP) is 0.519. The number of phenols is 1. The van der Waals surface area contributed by atoms with E-state index in [4.69, 9.17) is 27.9 Å². The number of nitro benzene ring substituents is 1. The van der Waals surface area contributed by atoms with Gasteiger partial charge in [0.05, 0.1) is 10.5 Å². The molecule has 228 valence electrons. The van der Waals surface area contributed by atoms with Gasteiger partial charge in [0, 0.05) is 67.8 Å². The summed E-state index contributed by atoms with van der Waals surface area (Å²) in [5, 5.41) is 27.2. The van der Waals surface area contributed by atoms with Crippen LogP contribution < -0.4 is 43.4 Å². The highest BCUT2D eigenvalue weighted by molar-refractivity contribution is 6.07. The van der Waals surface area contributed by atoms with Crippen LogP contribution in [0.25, 0.3) is 0 Å². The zero-order chi connectivity index (χ0) is 30.8. The Labute approximate surface area is 247 Å². The molecule has 4 atom stereocenters. The van der Waals surface area contributed by atoms with Crippen LogP contribution in [0.1, 0.15) is 28.8 Å². The summed E-state index contributed by atoms with van der Waals surface area (Å²) in [7, 11) is 0. The number of carbonyl (C=O) groups is 1. The number of para-hydroxylation sites is 1. The minimum Gasteiger partial charge on any atom is -0.502 e. The van der Waals surface area contributed by atoms with Gasteiger partial charge in [-0.05, 0) is 49.6 Å². The van der Waals surface area contributed by atoms with Crippen LogP contribution in [0.5, 0.6) is 5.75 Å². The number of nitrogens with zero attached hydrogens (tertiary/aromatic N) is 6. The summed E-state index contributed by atoms with van der Waals surface area (Å²) in [6, 6.07) is 8.38. The maximum Gasteiger partial charge on any atom is 0.311 e. The molecule has 2 saturated heterocycles. The van der Waals surface area contributed by atoms with Crippen molar-refractivity contribution in [3.05, 3.63) is 57.6 Å². The smallest absolute Gasteiger partial charge is 0.311 e. The van der Waals surface area contributed by atoms with E-state index in [0.29, 0.717) is 68.2 Å². The molecule has 0 saturated carbocycles. The van der Waals surface area contributed by atoms with E-state index >= 15 is 0 Å². The van der Waals surface area contributed by atoms with Crippen molar-refractivity contribution in [1.29, 1.82) is 0 Å². The molecule has 2 aliphatic heterocycles. The number of benzene rings is 2. The molecule has 0 aliphatic carbocycles. The second kappa shape index (κ2) is 12.3. The second-order valence-electron chi connectivity index (χ2n) is 11.1. The van der Waals surface area contributed by atoms with Gasteiger partial charge in [-0.1, -0.05) is 6.07 Å². The molecule has 2 fully saturated rings. The Morgan fingerprint density at radius 2 is 1.49 bits per heavy atom. The Morgan fingerprint density at radius 1 is 0.930 bits per heavy atom. The molecular weight excluding hydrogens is 556 g/mol. The number of aromatic nitrogens is 3. The predicted molar refractivity (Wildman–Crippen MR) is 163 cm³/mol. The quantitative estimate of drug-likeness (QED) is 0.146. The van der Waals surface area contributed by atoms with Crippen LogP contribution in [-0.4, -0.2) is 81.2 Å². The van der Waals surface area contributed by atoms with Gasteiger partial charge in [-0.3, -0.25) is 14.9 Å². The van der Waals surface area contributed by atoms with Crippen LogP contribution in [0.15, 0.2) is 36.4 Å². The van der Waals surface area contributed by atoms with E-state index in [1.165, 1.54) is 12.1 Å². The lowest BCUT2D eigenvalue weighted by atomic mass is 10.0. The van der Waals surface area contributed by atoms with Crippen LogP contribution in [0.3, 0.4) is 0 Å². The highest BCUT2D eigenvalue weighted by Crippen LogP contribution is 2.31. The summed E-state index contributed by atoms with van der Waals surface area (Å²) in [6.07, 6.45) is 1.41. The van der Waals surface area contributed by atoms with E-state index < -0.39 is 22.3 Å². The number of nitrogens with one attached hydrogen (secondary N) is 2. The van der Waals surface area contributed by atoms with Crippen molar-refractivity contribution in [1.82, 2.24) is 15.0 Å². The Morgan fingerprint density at radius 3 is 2.00 bits per heavy atom. The topological polar surface area (TPSA) is 254 Å². The van der Waals surface area contributed by atoms with Crippen molar-refractivity contribution in [2.45, 2.75) is 43.9 Å². The SMILES string of the molecule is Cc1cc(NC(=O)c2cccc([N+](=O)[O-])c2O)ccc1Nc1nc(N2C[C@H](N)C[C@H](N)C2)nc(N2C[C@H](N)C[C@H](N)C2)n1. The van der Waals surface area contributed by atoms with Gasteiger partial charge in [0.2, 0.25) is 23.6 Å². The largest absolute Gasteiger partial charge is 0.502 e. The van der Waals surface area contributed by atoms with E-state index in [0.717, 1.165) is 11.6 Å². The minimum absolute atomic E-state index is 0.119. The minimum atomic E-state index is -0.753. The van der Waals surface area contributed by atoms with Gasteiger partial charge in [0.1, 0.15) is 0 Å². The molecular formula is C27H36N12O4. The van der Waals surface area contributed by atoms with Crippen LogP contribution in [-0.2, 0) is 0 Å². The normalized spacial score (nSPS) is 22.3. The molecule has 5 rings (SSSR count). The Balaban J connectivity index is 1.40. The molecule has 3 heterocycles. The van der Waals surface area contributed by atoms with Crippen molar-refractivity contribution in [3.63, 3.8) is 0 Å². The zero-order valence-electron chi connectivity index (χ0n) is 23.7. The van der Waals surface area contributed by atoms with Crippen LogP contribution in [0.4, 0.5) is 34.9 Å². The summed E-state index contributed by atoms with van der Waals surface area (Å²) < 4.78 is 0. The van der Waals surface area contributed by atoms with E-state index in [2.05, 4.69) is 20.6 Å². The number of phenolic OH excluding ortho intramolecular Hbond substituents is 1. The highest BCUT2D eigenvalue weighted by Gasteiger charge is 2.29. The molecule has 11 N–H and O–H groups in total. The molecule has 2 aliphatic rings. The fourth-order valence-corrected chi connectivity index (χ4v) is 5.44. The number of rotatable bonds is 7. The average Bonchev–Trinajstić information content (AvgIpc) is 2.93. The lowest BCUT2D eigenvalue weighted by Crippen LogP contribution is -2.54. The van der Waals surface area contributed by atoms with Crippen molar-refractivity contribution >= 4 is 40.8 Å². The van der Waals surface area contributed by atoms with E-state index in [-0.39, 0.29) is 29.7 Å². The number of carbonyl (C=O) groups excluding carboxylic acids is 1. The van der Waals surface area contributed by atoms with Crippen LogP contribution in [0.2, 0.25) is 0 Å². The van der Waals surface area contributed by atoms with Gasteiger partial charge in [-0.15, -0.1) is 0 Å². The third-order valence-corrected chi connectivity index (χ3v) is 7.39. The lowest BCUT2D eigenvalue weighted by Gasteiger charge is -2.37. The molecule has 1 amide bonds. The maximum absolute atomic E-state index is 12.8. The summed E-state index contributed by atoms with van der Waals surface area (Å²) >= 11 is 0. The fraction of sp³-hybridized carbons (Fsp3) is 0.407. The first-order chi connectivity index (χ1) is 20.5. The number of nitro groups is 1. The number of anilines is 5. The third-order valence-electron chi connectivity index (χ3n) is 7.39. The lowest BCUT2D eigenvalue weighted by molar-refractivity contribution is -0.385. The van der Waals surface area contributed by atoms with Gasteiger partial charge in [-0.25, -0.2) is 0 Å². The Bertz CT molecular complexity index is 1460. The van der Waals surface area contributed by atoms with Crippen molar-refractivity contribution in [2.24, 2.45) is 22.9 Å². The average molecular weight is 593 g/mol. The van der Waals surface area contributed by atoms with Crippen LogP contribution in [0, 0.1) is 17.0 Å². The molecule has 16 heteroatoms. The van der Waals surface area contributed by atoms with E-state index in [1.54, 1.807) is 18.2 Å². The molecule has 3 aromatic rings. The molecule has 16 nitrogen and oxygen atoms in total. The monoisotopic (exact) mass is 592 g/mol. The van der Waals surface area contributed by atoms with Gasteiger partial charge >= 0.3 is 5.69 Å². The van der Waals surface area contributed by atoms with Gasteiger partial charge in [0.25, 0.3) is 5.91 Å². The number of amides is 1. The first-order valence-corrected chi connectivity index (χ1v) is 13.9. The standard InChI is InChI=1S/C27H36N12O4/c1-14-7-19(32-24(41)20-3-2-4-22(23(20)40)39(42)43)5-6-21(14)33-25-34-26(37-10-15(28)8-16(29)11-37)36-27(35-25)38-12-17(30)9-18(31)13-38/h2-7,15-18,40H,8-13,28-31H2,1H3,(H,32,41)(H,33,34,35,36)/t15-,16+,17-,18+. The van der Waals surface area contributed by atoms with Crippen molar-refractivity contribution in [2.75, 3.05) is 46.6 Å². The molecule has 0 radical (unpaired) electrons. The molecule has 0 bridgehead atoms. The number of nitrogens with two attached hydrogens (primary N) is 4. The second-order valence-corrected chi connectivity index (χ2v) is 11.1. The number of piperidine rings is 2. The van der Waals surface area contributed by atoms with Crippen molar-refractivity contribution in [3.8, 4) is 5.75 Å². The molecule has 0 spiro atoms. The maximum atomic E-state index is 12.8. The third kappa shape index (κ3) is 6.89. The van der Waals surface area contributed by atoms with E-state index in [1.807, 2.05) is 16.7 Å². The van der Waals surface area contributed by atoms with E-state index in [9.17, 15) is 20.0 Å². The van der Waals surface area contributed by atoms with Crippen molar-refractivity contribution < 1.29 is 14.8 Å². The summed E-state index contributed by atoms with van der Waals surface area (Å²) in [5.41, 5.74) is 26.0. The first-order valence-electron chi connectivity index (χ1n) is 13.9. The number of hydrogen-bond donors (Lipinski definition) is 7. The Hall–Kier alpha value is -4.64. The zero-order valence-corrected chi connectivity index (χ0v) is 23.7. The summed E-state index contributed by atoms with van der Waals surface area (Å²) in [6.45, 7) is 4.01. The first kappa shape index (κ1) is 29.8. The van der Waals surface area contributed by atoms with Gasteiger partial charge in [0.15, 0.2) is 0 Å². The fourth-order valence-electron chi connectivity index (χ4n) is 5.44. The van der Waals surface area contributed by atoms with Crippen LogP contribution >= 0.6 is 0 Å². The molecule has 43 heavy (non-hydrogen) atoms. The summed E-state index contributed by atoms with van der Waals surface area (Å²) in [4.78, 5) is 41.2. The molecule has 0 unspecified atom stereocenters. The van der Waals surface area contributed by atoms with Gasteiger partial charge < -0.3 is 48.5 Å². The molecule has 2 aromatic carbocycles. The number of aryl methyl sites for hydroxylation is 1. The number of hydrogen-bond acceptors (Lipinski definition) is 14. The van der Waals surface area contributed by atoms with Gasteiger partial charge in [-0.2, -0.15) is 15.0 Å².